The number of nitrogens with one attached hydrogen (secondary N) is 1. The molecule has 5 heteroatoms. The number of nitrogens with zero attached hydrogens (tertiary/aromatic N) is 1. The van der Waals surface area contributed by atoms with Crippen molar-refractivity contribution < 1.29 is 0 Å². The SMILES string of the molecule is Nc1n[nH]c2cc(Cl)c(Br)cc12. The van der Waals surface area contributed by atoms with Crippen LogP contribution in [0.1, 0.15) is 0 Å². The van der Waals surface area contributed by atoms with Gasteiger partial charge in [-0.2, -0.15) is 5.10 Å². The van der Waals surface area contributed by atoms with E-state index in [2.05, 4.69) is 26.1 Å². The van der Waals surface area contributed by atoms with Crippen LogP contribution >= 0.6 is 27.5 Å². The van der Waals surface area contributed by atoms with Gasteiger partial charge < -0.3 is 5.73 Å². The maximum absolute atomic E-state index is 5.86. The molecule has 0 saturated carbocycles. The Kier molecular flexibility index (Phi) is 1.73. The van der Waals surface area contributed by atoms with Crippen LogP contribution in [0.15, 0.2) is 16.6 Å². The second kappa shape index (κ2) is 2.64. The molecule has 0 bridgehead atoms. The highest BCUT2D eigenvalue weighted by Gasteiger charge is 2.05. The molecule has 3 N–H and O–H groups in total. The molecule has 0 spiro atoms. The number of hydrogen-bond donors (Lipinski definition) is 2. The zero-order chi connectivity index (χ0) is 8.72. The molecule has 1 heterocycles. The monoisotopic (exact) mass is 245 g/mol. The van der Waals surface area contributed by atoms with Crippen LogP contribution in [-0.2, 0) is 0 Å². The van der Waals surface area contributed by atoms with Crippen LogP contribution in [0.2, 0.25) is 5.02 Å². The van der Waals surface area contributed by atoms with E-state index in [4.69, 9.17) is 17.3 Å². The van der Waals surface area contributed by atoms with Crippen molar-refractivity contribution in [1.29, 1.82) is 0 Å². The van der Waals surface area contributed by atoms with Crippen molar-refractivity contribution in [2.75, 3.05) is 5.73 Å². The van der Waals surface area contributed by atoms with Crippen LogP contribution in [0.25, 0.3) is 10.9 Å². The predicted octanol–water partition coefficient (Wildman–Crippen LogP) is 2.56. The fourth-order valence-corrected chi connectivity index (χ4v) is 1.54. The largest absolute Gasteiger partial charge is 0.382 e. The molecule has 1 aromatic heterocycles. The van der Waals surface area contributed by atoms with Crippen LogP contribution in [0.5, 0.6) is 0 Å². The van der Waals surface area contributed by atoms with E-state index in [1.807, 2.05) is 6.07 Å². The Bertz CT molecular complexity index is 437. The number of nitrogens with two attached hydrogens (primary N) is 1. The van der Waals surface area contributed by atoms with Crippen molar-refractivity contribution >= 4 is 44.3 Å². The smallest absolute Gasteiger partial charge is 0.153 e. The summed E-state index contributed by atoms with van der Waals surface area (Å²) in [5.74, 6) is 0.488. The molecule has 3 nitrogen and oxygen atoms in total. The van der Waals surface area contributed by atoms with E-state index >= 15 is 0 Å². The second-order valence-corrected chi connectivity index (χ2v) is 3.68. The molecule has 0 saturated heterocycles. The first kappa shape index (κ1) is 7.89. The van der Waals surface area contributed by atoms with Crippen LogP contribution in [0.3, 0.4) is 0 Å². The van der Waals surface area contributed by atoms with Gasteiger partial charge in [0.05, 0.1) is 10.5 Å². The zero-order valence-corrected chi connectivity index (χ0v) is 8.28. The molecule has 62 valence electrons. The number of H-pyrrole nitrogens is 1. The molecule has 1 aromatic carbocycles. The van der Waals surface area contributed by atoms with Gasteiger partial charge in [-0.05, 0) is 28.1 Å². The number of fused-ring (bicyclic) bond motifs is 1. The van der Waals surface area contributed by atoms with Gasteiger partial charge in [0.25, 0.3) is 0 Å². The van der Waals surface area contributed by atoms with Gasteiger partial charge in [0, 0.05) is 9.86 Å². The molecule has 0 atom stereocenters. The minimum Gasteiger partial charge on any atom is -0.382 e. The van der Waals surface area contributed by atoms with Gasteiger partial charge >= 0.3 is 0 Å². The number of rotatable bonds is 0. The highest BCUT2D eigenvalue weighted by molar-refractivity contribution is 9.10. The van der Waals surface area contributed by atoms with E-state index in [1.54, 1.807) is 6.07 Å². The fraction of sp³-hybridized carbons (Fsp3) is 0. The lowest BCUT2D eigenvalue weighted by atomic mass is 10.2. The quantitative estimate of drug-likeness (QED) is 0.750. The van der Waals surface area contributed by atoms with Crippen molar-refractivity contribution in [3.63, 3.8) is 0 Å². The number of hydrogen-bond acceptors (Lipinski definition) is 2. The van der Waals surface area contributed by atoms with Gasteiger partial charge in [0.1, 0.15) is 0 Å². The highest BCUT2D eigenvalue weighted by atomic mass is 79.9. The molecule has 2 rings (SSSR count). The summed E-state index contributed by atoms with van der Waals surface area (Å²) in [4.78, 5) is 0. The van der Waals surface area contributed by atoms with Crippen molar-refractivity contribution in [2.45, 2.75) is 0 Å². The van der Waals surface area contributed by atoms with E-state index in [9.17, 15) is 0 Å². The Hall–Kier alpha value is -0.740. The second-order valence-electron chi connectivity index (χ2n) is 2.42. The van der Waals surface area contributed by atoms with Crippen molar-refractivity contribution in [3.8, 4) is 0 Å². The number of halogens is 2. The summed E-state index contributed by atoms with van der Waals surface area (Å²) in [5, 5.41) is 8.15. The Morgan fingerprint density at radius 1 is 1.50 bits per heavy atom. The van der Waals surface area contributed by atoms with Crippen LogP contribution in [-0.4, -0.2) is 10.2 Å². The van der Waals surface area contributed by atoms with Crippen molar-refractivity contribution in [2.24, 2.45) is 0 Å². The molecular formula is C7H5BrClN3. The van der Waals surface area contributed by atoms with Gasteiger partial charge in [-0.25, -0.2) is 0 Å². The minimum absolute atomic E-state index is 0.488. The van der Waals surface area contributed by atoms with Crippen LogP contribution in [0, 0.1) is 0 Å². The molecular weight excluding hydrogens is 241 g/mol. The maximum atomic E-state index is 5.86. The number of aromatic amines is 1. The van der Waals surface area contributed by atoms with Crippen LogP contribution < -0.4 is 5.73 Å². The van der Waals surface area contributed by atoms with Gasteiger partial charge in [-0.3, -0.25) is 5.10 Å². The molecule has 0 amide bonds. The lowest BCUT2D eigenvalue weighted by molar-refractivity contribution is 1.13. The molecule has 0 unspecified atom stereocenters. The Morgan fingerprint density at radius 3 is 3.00 bits per heavy atom. The average Bonchev–Trinajstić information content (AvgIpc) is 2.35. The summed E-state index contributed by atoms with van der Waals surface area (Å²) in [6.07, 6.45) is 0. The van der Waals surface area contributed by atoms with E-state index in [-0.39, 0.29) is 0 Å². The van der Waals surface area contributed by atoms with E-state index in [0.29, 0.717) is 10.8 Å². The molecule has 2 aromatic rings. The molecule has 0 fully saturated rings. The van der Waals surface area contributed by atoms with Crippen molar-refractivity contribution in [3.05, 3.63) is 21.6 Å². The van der Waals surface area contributed by atoms with Gasteiger partial charge in [-0.15, -0.1) is 0 Å². The lowest BCUT2D eigenvalue weighted by Gasteiger charge is -1.94. The Labute approximate surface area is 82.0 Å². The minimum atomic E-state index is 0.488. The Balaban J connectivity index is 2.87. The lowest BCUT2D eigenvalue weighted by Crippen LogP contribution is -1.83. The highest BCUT2D eigenvalue weighted by Crippen LogP contribution is 2.29. The predicted molar refractivity (Wildman–Crippen MR) is 53.2 cm³/mol. The Morgan fingerprint density at radius 2 is 2.25 bits per heavy atom. The summed E-state index contributed by atoms with van der Waals surface area (Å²) in [6.45, 7) is 0. The fourth-order valence-electron chi connectivity index (χ4n) is 1.03. The summed E-state index contributed by atoms with van der Waals surface area (Å²) in [5.41, 5.74) is 6.44. The van der Waals surface area contributed by atoms with Gasteiger partial charge in [0.2, 0.25) is 0 Å². The first-order chi connectivity index (χ1) is 5.68. The third kappa shape index (κ3) is 1.07. The maximum Gasteiger partial charge on any atom is 0.153 e. The third-order valence-corrected chi connectivity index (χ3v) is 2.83. The number of anilines is 1. The first-order valence-electron chi connectivity index (χ1n) is 3.27. The average molecular weight is 246 g/mol. The number of nitrogen functional groups attached to an aromatic ring is 1. The number of benzene rings is 1. The van der Waals surface area contributed by atoms with E-state index in [0.717, 1.165) is 15.4 Å². The summed E-state index contributed by atoms with van der Waals surface area (Å²) in [6, 6.07) is 3.63. The summed E-state index contributed by atoms with van der Waals surface area (Å²) >= 11 is 9.17. The first-order valence-corrected chi connectivity index (χ1v) is 4.44. The zero-order valence-electron chi connectivity index (χ0n) is 5.94. The van der Waals surface area contributed by atoms with Crippen molar-refractivity contribution in [1.82, 2.24) is 10.2 Å². The van der Waals surface area contributed by atoms with Gasteiger partial charge in [0.15, 0.2) is 5.82 Å². The third-order valence-electron chi connectivity index (χ3n) is 1.63. The molecule has 0 radical (unpaired) electrons. The standard InChI is InChI=1S/C7H5BrClN3/c8-4-1-3-6(2-5(4)9)11-12-7(3)10/h1-2H,(H3,10,11,12). The van der Waals surface area contributed by atoms with Gasteiger partial charge in [-0.1, -0.05) is 11.6 Å². The number of aromatic nitrogens is 2. The molecule has 0 aliphatic rings. The van der Waals surface area contributed by atoms with E-state index in [1.165, 1.54) is 0 Å². The van der Waals surface area contributed by atoms with Crippen LogP contribution in [0.4, 0.5) is 5.82 Å². The topological polar surface area (TPSA) is 54.7 Å². The molecule has 0 aliphatic heterocycles. The van der Waals surface area contributed by atoms with E-state index < -0.39 is 0 Å². The summed E-state index contributed by atoms with van der Waals surface area (Å²) < 4.78 is 0.824. The molecule has 0 aliphatic carbocycles. The normalized spacial score (nSPS) is 10.8. The molecule has 12 heavy (non-hydrogen) atoms. The summed E-state index contributed by atoms with van der Waals surface area (Å²) in [7, 11) is 0.